The summed E-state index contributed by atoms with van der Waals surface area (Å²) in [5.41, 5.74) is 3.09. The van der Waals surface area contributed by atoms with E-state index in [0.717, 1.165) is 16.8 Å². The molecule has 0 atom stereocenters. The normalized spacial score (nSPS) is 12.4. The first kappa shape index (κ1) is 20.3. The van der Waals surface area contributed by atoms with Crippen molar-refractivity contribution in [1.82, 2.24) is 14.9 Å². The van der Waals surface area contributed by atoms with Crippen LogP contribution in [0.25, 0.3) is 11.5 Å². The van der Waals surface area contributed by atoms with Gasteiger partial charge in [0.25, 0.3) is 10.0 Å². The lowest BCUT2D eigenvalue weighted by Crippen LogP contribution is -2.25. The molecule has 3 rings (SSSR count). The van der Waals surface area contributed by atoms with E-state index in [1.54, 1.807) is 18.2 Å². The van der Waals surface area contributed by atoms with Crippen LogP contribution >= 0.6 is 0 Å². The Morgan fingerprint density at radius 3 is 2.32 bits per heavy atom. The maximum absolute atomic E-state index is 12.4. The average molecular weight is 425 g/mol. The molecule has 0 unspecified atom stereocenters. The van der Waals surface area contributed by atoms with Gasteiger partial charge in [0.15, 0.2) is 5.76 Å². The molecule has 0 aliphatic heterocycles. The summed E-state index contributed by atoms with van der Waals surface area (Å²) in [5.74, 6) is 0.362. The van der Waals surface area contributed by atoms with Gasteiger partial charge >= 0.3 is 0 Å². The molecule has 0 aliphatic rings. The molecule has 3 aromatic rings. The van der Waals surface area contributed by atoms with E-state index in [0.29, 0.717) is 17.9 Å². The Balaban J connectivity index is 1.65. The largest absolute Gasteiger partial charge is 0.442 e. The number of aryl methyl sites for hydroxylation is 1. The number of nitrogens with zero attached hydrogens (tertiary/aromatic N) is 1. The number of aromatic nitrogens is 2. The van der Waals surface area contributed by atoms with Crippen molar-refractivity contribution in [2.24, 2.45) is 5.14 Å². The zero-order chi connectivity index (χ0) is 20.5. The number of sulfonamides is 2. The van der Waals surface area contributed by atoms with Crippen LogP contribution in [0, 0.1) is 13.8 Å². The molecule has 9 nitrogen and oxygen atoms in total. The zero-order valence-corrected chi connectivity index (χ0v) is 16.9. The van der Waals surface area contributed by atoms with Crippen molar-refractivity contribution in [3.8, 4) is 11.5 Å². The monoisotopic (exact) mass is 424 g/mol. The van der Waals surface area contributed by atoms with Gasteiger partial charge in [0.2, 0.25) is 15.1 Å². The van der Waals surface area contributed by atoms with E-state index >= 15 is 0 Å². The van der Waals surface area contributed by atoms with Crippen LogP contribution in [-0.2, 0) is 26.5 Å². The maximum Gasteiger partial charge on any atom is 0.273 e. The minimum atomic E-state index is -3.83. The Kier molecular flexibility index (Phi) is 5.44. The second kappa shape index (κ2) is 7.51. The van der Waals surface area contributed by atoms with Gasteiger partial charge in [-0.05, 0) is 50.1 Å². The van der Waals surface area contributed by atoms with Crippen LogP contribution in [0.2, 0.25) is 0 Å². The van der Waals surface area contributed by atoms with Gasteiger partial charge in [-0.25, -0.2) is 26.7 Å². The fraction of sp³-hybridized carbons (Fsp3) is 0.235. The SMILES string of the molecule is Cc1[nH]nc(-c2ccc(S(=O)(=O)NCCc3ccc(S(N)(=O)=O)cc3)o2)c1C. The molecular formula is C17H20N4O5S2. The molecule has 1 aromatic carbocycles. The van der Waals surface area contributed by atoms with Crippen LogP contribution in [0.5, 0.6) is 0 Å². The van der Waals surface area contributed by atoms with Crippen LogP contribution in [0.3, 0.4) is 0 Å². The van der Waals surface area contributed by atoms with Crippen molar-refractivity contribution in [2.45, 2.75) is 30.3 Å². The first-order valence-corrected chi connectivity index (χ1v) is 11.3. The number of primary sulfonamides is 1. The molecular weight excluding hydrogens is 404 g/mol. The summed E-state index contributed by atoms with van der Waals surface area (Å²) in [6, 6.07) is 8.87. The van der Waals surface area contributed by atoms with E-state index in [1.807, 2.05) is 13.8 Å². The summed E-state index contributed by atoms with van der Waals surface area (Å²) >= 11 is 0. The number of furan rings is 1. The van der Waals surface area contributed by atoms with Crippen molar-refractivity contribution in [2.75, 3.05) is 6.54 Å². The lowest BCUT2D eigenvalue weighted by Gasteiger charge is -2.05. The highest BCUT2D eigenvalue weighted by Crippen LogP contribution is 2.26. The molecule has 2 aromatic heterocycles. The summed E-state index contributed by atoms with van der Waals surface area (Å²) in [7, 11) is -7.58. The summed E-state index contributed by atoms with van der Waals surface area (Å²) in [6.07, 6.45) is 0.370. The average Bonchev–Trinajstić information content (AvgIpc) is 3.23. The molecule has 0 radical (unpaired) electrons. The summed E-state index contributed by atoms with van der Waals surface area (Å²) in [6.45, 7) is 3.85. The molecule has 0 amide bonds. The van der Waals surface area contributed by atoms with Crippen LogP contribution in [-0.4, -0.2) is 33.6 Å². The highest BCUT2D eigenvalue weighted by Gasteiger charge is 2.20. The molecule has 2 heterocycles. The Morgan fingerprint density at radius 2 is 1.75 bits per heavy atom. The zero-order valence-electron chi connectivity index (χ0n) is 15.3. The molecule has 0 bridgehead atoms. The molecule has 0 fully saturated rings. The lowest BCUT2D eigenvalue weighted by molar-refractivity contribution is 0.455. The van der Waals surface area contributed by atoms with Crippen molar-refractivity contribution >= 4 is 20.0 Å². The van der Waals surface area contributed by atoms with Crippen LogP contribution in [0.4, 0.5) is 0 Å². The van der Waals surface area contributed by atoms with Gasteiger partial charge in [-0.1, -0.05) is 12.1 Å². The Labute approximate surface area is 163 Å². The fourth-order valence-corrected chi connectivity index (χ4v) is 4.04. The summed E-state index contributed by atoms with van der Waals surface area (Å²) < 4.78 is 55.2. The third-order valence-electron chi connectivity index (χ3n) is 4.29. The third-order valence-corrected chi connectivity index (χ3v) is 6.55. The molecule has 28 heavy (non-hydrogen) atoms. The molecule has 11 heteroatoms. The topological polar surface area (TPSA) is 148 Å². The highest BCUT2D eigenvalue weighted by molar-refractivity contribution is 7.89. The molecule has 0 saturated heterocycles. The number of hydrogen-bond acceptors (Lipinski definition) is 6. The Morgan fingerprint density at radius 1 is 1.07 bits per heavy atom. The van der Waals surface area contributed by atoms with E-state index in [-0.39, 0.29) is 16.5 Å². The number of benzene rings is 1. The molecule has 150 valence electrons. The predicted molar refractivity (Wildman–Crippen MR) is 102 cm³/mol. The number of H-pyrrole nitrogens is 1. The Hall–Kier alpha value is -2.47. The van der Waals surface area contributed by atoms with Crippen LogP contribution in [0.1, 0.15) is 16.8 Å². The standard InChI is InChI=1S/C17H20N4O5S2/c1-11-12(2)20-21-17(11)15-7-8-16(26-15)28(24,25)19-10-9-13-3-5-14(6-4-13)27(18,22)23/h3-8,19H,9-10H2,1-2H3,(H,20,21)(H2,18,22,23). The van der Waals surface area contributed by atoms with E-state index in [9.17, 15) is 16.8 Å². The molecule has 0 aliphatic carbocycles. The molecule has 0 spiro atoms. The van der Waals surface area contributed by atoms with Gasteiger partial charge in [0.05, 0.1) is 4.90 Å². The van der Waals surface area contributed by atoms with Crippen molar-refractivity contribution < 1.29 is 21.3 Å². The van der Waals surface area contributed by atoms with E-state index < -0.39 is 20.0 Å². The minimum absolute atomic E-state index is 0.00356. The van der Waals surface area contributed by atoms with E-state index in [4.69, 9.17) is 9.56 Å². The van der Waals surface area contributed by atoms with Gasteiger partial charge in [-0.2, -0.15) is 5.10 Å². The van der Waals surface area contributed by atoms with Gasteiger partial charge in [-0.3, -0.25) is 5.10 Å². The summed E-state index contributed by atoms with van der Waals surface area (Å²) in [5, 5.41) is 11.8. The van der Waals surface area contributed by atoms with Crippen molar-refractivity contribution in [3.63, 3.8) is 0 Å². The van der Waals surface area contributed by atoms with Gasteiger partial charge < -0.3 is 4.42 Å². The lowest BCUT2D eigenvalue weighted by atomic mass is 10.2. The van der Waals surface area contributed by atoms with Gasteiger partial charge in [-0.15, -0.1) is 0 Å². The number of nitrogens with two attached hydrogens (primary N) is 1. The highest BCUT2D eigenvalue weighted by atomic mass is 32.2. The van der Waals surface area contributed by atoms with Crippen LogP contribution in [0.15, 0.2) is 50.8 Å². The van der Waals surface area contributed by atoms with Crippen LogP contribution < -0.4 is 9.86 Å². The maximum atomic E-state index is 12.4. The van der Waals surface area contributed by atoms with Crippen molar-refractivity contribution in [1.29, 1.82) is 0 Å². The van der Waals surface area contributed by atoms with E-state index in [2.05, 4.69) is 14.9 Å². The Bertz CT molecular complexity index is 1190. The second-order valence-corrected chi connectivity index (χ2v) is 9.54. The number of aromatic amines is 1. The first-order chi connectivity index (χ1) is 13.1. The third kappa shape index (κ3) is 4.33. The number of hydrogen-bond donors (Lipinski definition) is 3. The minimum Gasteiger partial charge on any atom is -0.442 e. The number of nitrogens with one attached hydrogen (secondary N) is 2. The predicted octanol–water partition coefficient (Wildman–Crippen LogP) is 1.45. The smallest absolute Gasteiger partial charge is 0.273 e. The van der Waals surface area contributed by atoms with Gasteiger partial charge in [0.1, 0.15) is 5.69 Å². The second-order valence-electron chi connectivity index (χ2n) is 6.28. The van der Waals surface area contributed by atoms with E-state index in [1.165, 1.54) is 18.2 Å². The molecule has 4 N–H and O–H groups in total. The number of rotatable bonds is 7. The molecule has 0 saturated carbocycles. The van der Waals surface area contributed by atoms with Gasteiger partial charge in [0, 0.05) is 17.8 Å². The first-order valence-electron chi connectivity index (χ1n) is 8.31. The quantitative estimate of drug-likeness (QED) is 0.523. The summed E-state index contributed by atoms with van der Waals surface area (Å²) in [4.78, 5) is 0.00356. The van der Waals surface area contributed by atoms with Crippen molar-refractivity contribution in [3.05, 3.63) is 53.2 Å². The fourth-order valence-electron chi connectivity index (χ4n) is 2.56.